The van der Waals surface area contributed by atoms with Gasteiger partial charge in [-0.2, -0.15) is 4.80 Å². The van der Waals surface area contributed by atoms with Gasteiger partial charge in [-0.05, 0) is 48.7 Å². The van der Waals surface area contributed by atoms with Crippen molar-refractivity contribution >= 4 is 0 Å². The summed E-state index contributed by atoms with van der Waals surface area (Å²) in [7, 11) is 1.80. The highest BCUT2D eigenvalue weighted by Gasteiger charge is 2.18. The van der Waals surface area contributed by atoms with E-state index in [1.807, 2.05) is 0 Å². The molecule has 1 N–H and O–H groups in total. The molecule has 0 aliphatic heterocycles. The van der Waals surface area contributed by atoms with E-state index in [0.29, 0.717) is 0 Å². The van der Waals surface area contributed by atoms with Crippen LogP contribution in [0.4, 0.5) is 0 Å². The second kappa shape index (κ2) is 6.61. The first kappa shape index (κ1) is 14.7. The smallest absolute Gasteiger partial charge is 0.176 e. The summed E-state index contributed by atoms with van der Waals surface area (Å²) in [5, 5.41) is 15.9. The molecule has 0 radical (unpaired) electrons. The number of nitrogens with zero attached hydrogens (tertiary/aromatic N) is 4. The molecule has 0 spiro atoms. The minimum Gasteiger partial charge on any atom is -0.310 e. The van der Waals surface area contributed by atoms with Crippen molar-refractivity contribution in [1.29, 1.82) is 0 Å². The second-order valence-corrected chi connectivity index (χ2v) is 5.21. The first-order chi connectivity index (χ1) is 9.61. The molecule has 0 aliphatic rings. The largest absolute Gasteiger partial charge is 0.310 e. The van der Waals surface area contributed by atoms with Crippen LogP contribution in [0.25, 0.3) is 0 Å². The Morgan fingerprint density at radius 1 is 1.25 bits per heavy atom. The predicted molar refractivity (Wildman–Crippen MR) is 79.5 cm³/mol. The lowest BCUT2D eigenvalue weighted by molar-refractivity contribution is 0.513. The van der Waals surface area contributed by atoms with Crippen LogP contribution >= 0.6 is 0 Å². The van der Waals surface area contributed by atoms with Crippen LogP contribution in [-0.2, 0) is 13.5 Å². The van der Waals surface area contributed by atoms with E-state index in [9.17, 15) is 0 Å². The molecule has 0 saturated carbocycles. The number of hydrogen-bond acceptors (Lipinski definition) is 4. The zero-order valence-electron chi connectivity index (χ0n) is 12.7. The molecule has 0 fully saturated rings. The van der Waals surface area contributed by atoms with E-state index < -0.39 is 0 Å². The molecule has 20 heavy (non-hydrogen) atoms. The Kier molecular flexibility index (Phi) is 4.84. The van der Waals surface area contributed by atoms with Gasteiger partial charge in [0, 0.05) is 12.5 Å². The molecule has 0 saturated heterocycles. The molecule has 1 heterocycles. The fraction of sp³-hybridized carbons (Fsp3) is 0.533. The number of tetrazole rings is 1. The van der Waals surface area contributed by atoms with Crippen LogP contribution in [0.15, 0.2) is 18.2 Å². The maximum Gasteiger partial charge on any atom is 0.176 e. The van der Waals surface area contributed by atoms with Crippen LogP contribution in [0.3, 0.4) is 0 Å². The first-order valence-electron chi connectivity index (χ1n) is 7.14. The number of aromatic nitrogens is 4. The van der Waals surface area contributed by atoms with E-state index in [0.717, 1.165) is 25.2 Å². The number of benzene rings is 1. The highest BCUT2D eigenvalue weighted by Crippen LogP contribution is 2.24. The lowest BCUT2D eigenvalue weighted by atomic mass is 9.94. The first-order valence-corrected chi connectivity index (χ1v) is 7.14. The molecule has 1 atom stereocenters. The summed E-state index contributed by atoms with van der Waals surface area (Å²) < 4.78 is 0. The topological polar surface area (TPSA) is 55.6 Å². The summed E-state index contributed by atoms with van der Waals surface area (Å²) in [5.74, 6) is 0.781. The lowest BCUT2D eigenvalue weighted by Gasteiger charge is -2.21. The molecule has 1 aromatic carbocycles. The summed E-state index contributed by atoms with van der Waals surface area (Å²) in [6, 6.07) is 6.66. The van der Waals surface area contributed by atoms with E-state index in [1.54, 1.807) is 7.05 Å². The molecule has 1 aromatic heterocycles. The summed E-state index contributed by atoms with van der Waals surface area (Å²) >= 11 is 0. The third-order valence-electron chi connectivity index (χ3n) is 3.47. The summed E-state index contributed by atoms with van der Waals surface area (Å²) in [6.45, 7) is 7.48. The summed E-state index contributed by atoms with van der Waals surface area (Å²) in [5.41, 5.74) is 3.97. The molecular weight excluding hydrogens is 250 g/mol. The fourth-order valence-electron chi connectivity index (χ4n) is 2.56. The van der Waals surface area contributed by atoms with Crippen LogP contribution < -0.4 is 5.32 Å². The van der Waals surface area contributed by atoms with Gasteiger partial charge in [0.25, 0.3) is 0 Å². The van der Waals surface area contributed by atoms with Crippen molar-refractivity contribution in [2.24, 2.45) is 7.05 Å². The zero-order chi connectivity index (χ0) is 14.5. The third-order valence-corrected chi connectivity index (χ3v) is 3.47. The minimum absolute atomic E-state index is 0.236. The van der Waals surface area contributed by atoms with Gasteiger partial charge in [-0.1, -0.05) is 25.1 Å². The molecule has 0 bridgehead atoms. The van der Waals surface area contributed by atoms with Crippen molar-refractivity contribution in [2.45, 2.75) is 39.7 Å². The van der Waals surface area contributed by atoms with Gasteiger partial charge >= 0.3 is 0 Å². The van der Waals surface area contributed by atoms with Crippen LogP contribution in [-0.4, -0.2) is 26.8 Å². The van der Waals surface area contributed by atoms with Crippen molar-refractivity contribution in [3.8, 4) is 0 Å². The maximum absolute atomic E-state index is 4.30. The van der Waals surface area contributed by atoms with Gasteiger partial charge in [-0.25, -0.2) is 0 Å². The van der Waals surface area contributed by atoms with Crippen LogP contribution in [0.1, 0.15) is 41.9 Å². The Morgan fingerprint density at radius 2 is 1.95 bits per heavy atom. The standard InChI is InChI=1S/C15H23N5/c1-5-9-16-13(10-14-17-19-20(4)18-14)15-11(2)7-6-8-12(15)3/h6-8,13,16H,5,9-10H2,1-4H3. The monoisotopic (exact) mass is 273 g/mol. The van der Waals surface area contributed by atoms with E-state index >= 15 is 0 Å². The minimum atomic E-state index is 0.236. The van der Waals surface area contributed by atoms with E-state index in [-0.39, 0.29) is 6.04 Å². The second-order valence-electron chi connectivity index (χ2n) is 5.21. The Balaban J connectivity index is 2.27. The van der Waals surface area contributed by atoms with Gasteiger partial charge in [-0.3, -0.25) is 0 Å². The molecule has 108 valence electrons. The fourth-order valence-corrected chi connectivity index (χ4v) is 2.56. The Hall–Kier alpha value is -1.75. The zero-order valence-corrected chi connectivity index (χ0v) is 12.7. The number of aryl methyl sites for hydroxylation is 3. The van der Waals surface area contributed by atoms with Crippen LogP contribution in [0.5, 0.6) is 0 Å². The normalized spacial score (nSPS) is 12.6. The van der Waals surface area contributed by atoms with Gasteiger partial charge in [-0.15, -0.1) is 10.2 Å². The Bertz CT molecular complexity index is 541. The van der Waals surface area contributed by atoms with Crippen molar-refractivity contribution in [3.63, 3.8) is 0 Å². The highest BCUT2D eigenvalue weighted by atomic mass is 15.6. The van der Waals surface area contributed by atoms with Gasteiger partial charge < -0.3 is 5.32 Å². The van der Waals surface area contributed by atoms with Gasteiger partial charge in [0.2, 0.25) is 0 Å². The van der Waals surface area contributed by atoms with Gasteiger partial charge in [0.1, 0.15) is 0 Å². The highest BCUT2D eigenvalue weighted by molar-refractivity contribution is 5.36. The van der Waals surface area contributed by atoms with Gasteiger partial charge in [0.05, 0.1) is 7.05 Å². The average molecular weight is 273 g/mol. The molecular formula is C15H23N5. The van der Waals surface area contributed by atoms with Crippen LogP contribution in [0.2, 0.25) is 0 Å². The average Bonchev–Trinajstić information content (AvgIpc) is 2.81. The summed E-state index contributed by atoms with van der Waals surface area (Å²) in [6.07, 6.45) is 1.87. The number of nitrogens with one attached hydrogen (secondary N) is 1. The quantitative estimate of drug-likeness (QED) is 0.876. The van der Waals surface area contributed by atoms with Crippen molar-refractivity contribution in [1.82, 2.24) is 25.5 Å². The predicted octanol–water partition coefficient (Wildman–Crippen LogP) is 2.11. The van der Waals surface area contributed by atoms with Gasteiger partial charge in [0.15, 0.2) is 5.82 Å². The lowest BCUT2D eigenvalue weighted by Crippen LogP contribution is -2.26. The maximum atomic E-state index is 4.30. The third kappa shape index (κ3) is 3.42. The molecule has 5 nitrogen and oxygen atoms in total. The number of hydrogen-bond donors (Lipinski definition) is 1. The van der Waals surface area contributed by atoms with Crippen molar-refractivity contribution in [3.05, 3.63) is 40.7 Å². The van der Waals surface area contributed by atoms with Crippen LogP contribution in [0, 0.1) is 13.8 Å². The molecule has 2 aromatic rings. The number of rotatable bonds is 6. The van der Waals surface area contributed by atoms with Crippen molar-refractivity contribution in [2.75, 3.05) is 6.54 Å². The van der Waals surface area contributed by atoms with E-state index in [1.165, 1.54) is 21.5 Å². The van der Waals surface area contributed by atoms with E-state index in [4.69, 9.17) is 0 Å². The Morgan fingerprint density at radius 3 is 2.50 bits per heavy atom. The van der Waals surface area contributed by atoms with Crippen molar-refractivity contribution < 1.29 is 0 Å². The SMILES string of the molecule is CCCNC(Cc1nnn(C)n1)c1c(C)cccc1C. The van der Waals surface area contributed by atoms with E-state index in [2.05, 4.69) is 59.7 Å². The summed E-state index contributed by atoms with van der Waals surface area (Å²) in [4.78, 5) is 1.51. The molecule has 2 rings (SSSR count). The molecule has 0 amide bonds. The Labute approximate surface area is 120 Å². The molecule has 0 aliphatic carbocycles. The molecule has 1 unspecified atom stereocenters. The molecule has 5 heteroatoms.